The maximum atomic E-state index is 4.80. The molecular weight excluding hydrogens is 264 g/mol. The van der Waals surface area contributed by atoms with E-state index in [9.17, 15) is 0 Å². The number of nitrogens with zero attached hydrogens (tertiary/aromatic N) is 2. The summed E-state index contributed by atoms with van der Waals surface area (Å²) in [7, 11) is 0. The van der Waals surface area contributed by atoms with Gasteiger partial charge in [-0.05, 0) is 48.0 Å². The van der Waals surface area contributed by atoms with Gasteiger partial charge in [0.2, 0.25) is 0 Å². The van der Waals surface area contributed by atoms with Gasteiger partial charge in [0.1, 0.15) is 0 Å². The van der Waals surface area contributed by atoms with Crippen molar-refractivity contribution in [1.82, 2.24) is 9.55 Å². The van der Waals surface area contributed by atoms with E-state index in [0.29, 0.717) is 0 Å². The van der Waals surface area contributed by atoms with Crippen LogP contribution in [0.5, 0.6) is 0 Å². The Hall–Kier alpha value is -0.310. The van der Waals surface area contributed by atoms with Crippen LogP contribution in [-0.4, -0.2) is 9.55 Å². The Labute approximate surface area is 106 Å². The highest BCUT2D eigenvalue weighted by atomic mass is 79.9. The third-order valence-electron chi connectivity index (χ3n) is 4.09. The molecule has 1 fully saturated rings. The normalized spacial score (nSPS) is 22.1. The Morgan fingerprint density at radius 2 is 1.88 bits per heavy atom. The van der Waals surface area contributed by atoms with Crippen molar-refractivity contribution in [3.05, 3.63) is 16.1 Å². The first kappa shape index (κ1) is 10.8. The molecule has 0 radical (unpaired) electrons. The smallest absolute Gasteiger partial charge is 0.177 e. The van der Waals surface area contributed by atoms with Crippen molar-refractivity contribution in [2.24, 2.45) is 0 Å². The monoisotopic (exact) mass is 282 g/mol. The average molecular weight is 283 g/mol. The van der Waals surface area contributed by atoms with Crippen LogP contribution in [0.4, 0.5) is 0 Å². The van der Waals surface area contributed by atoms with Gasteiger partial charge in [0.25, 0.3) is 0 Å². The molecule has 88 valence electrons. The summed E-state index contributed by atoms with van der Waals surface area (Å²) in [6.45, 7) is 1.16. The van der Waals surface area contributed by atoms with E-state index in [-0.39, 0.29) is 0 Å². The van der Waals surface area contributed by atoms with E-state index in [1.54, 1.807) is 0 Å². The van der Waals surface area contributed by atoms with Gasteiger partial charge in [-0.3, -0.25) is 0 Å². The fourth-order valence-electron chi connectivity index (χ4n) is 3.23. The number of aromatic nitrogens is 2. The van der Waals surface area contributed by atoms with Crippen LogP contribution >= 0.6 is 15.9 Å². The molecule has 0 aromatic carbocycles. The average Bonchev–Trinajstić information content (AvgIpc) is 2.69. The number of hydrogen-bond donors (Lipinski definition) is 0. The lowest BCUT2D eigenvalue weighted by atomic mass is 9.85. The molecule has 0 unspecified atom stereocenters. The van der Waals surface area contributed by atoms with E-state index in [2.05, 4.69) is 20.5 Å². The molecule has 0 amide bonds. The molecule has 0 spiro atoms. The van der Waals surface area contributed by atoms with Crippen LogP contribution in [0.25, 0.3) is 0 Å². The first-order valence-corrected chi connectivity index (χ1v) is 7.40. The van der Waals surface area contributed by atoms with Crippen LogP contribution in [0.3, 0.4) is 0 Å². The summed E-state index contributed by atoms with van der Waals surface area (Å²) in [6.07, 6.45) is 10.8. The van der Waals surface area contributed by atoms with Gasteiger partial charge < -0.3 is 4.57 Å². The first-order chi connectivity index (χ1) is 7.86. The van der Waals surface area contributed by atoms with Crippen LogP contribution < -0.4 is 0 Å². The van der Waals surface area contributed by atoms with E-state index >= 15 is 0 Å². The molecule has 0 atom stereocenters. The van der Waals surface area contributed by atoms with Crippen molar-refractivity contribution in [2.75, 3.05) is 0 Å². The van der Waals surface area contributed by atoms with Crippen molar-refractivity contribution in [2.45, 2.75) is 63.8 Å². The number of fused-ring (bicyclic) bond motifs is 1. The zero-order chi connectivity index (χ0) is 11.0. The third kappa shape index (κ3) is 1.83. The summed E-state index contributed by atoms with van der Waals surface area (Å²) in [5.41, 5.74) is 2.95. The lowest BCUT2D eigenvalue weighted by Crippen LogP contribution is -2.13. The molecule has 1 aliphatic heterocycles. The molecule has 1 aliphatic carbocycles. The highest BCUT2D eigenvalue weighted by Crippen LogP contribution is 2.36. The minimum Gasteiger partial charge on any atom is -0.322 e. The molecule has 2 heterocycles. The second-order valence-corrected chi connectivity index (χ2v) is 5.87. The molecular formula is C13H19BrN2. The highest BCUT2D eigenvalue weighted by molar-refractivity contribution is 9.10. The first-order valence-electron chi connectivity index (χ1n) is 6.61. The zero-order valence-corrected chi connectivity index (χ0v) is 11.3. The summed E-state index contributed by atoms with van der Waals surface area (Å²) in [6, 6.07) is 0. The molecule has 1 saturated carbocycles. The summed E-state index contributed by atoms with van der Waals surface area (Å²) >= 11 is 3.62. The molecule has 1 aromatic heterocycles. The SMILES string of the molecule is Brc1nc(C2CCCCC2)c2n1CCCC2. The summed E-state index contributed by atoms with van der Waals surface area (Å²) < 4.78 is 3.47. The quantitative estimate of drug-likeness (QED) is 0.761. The molecule has 16 heavy (non-hydrogen) atoms. The number of rotatable bonds is 1. The van der Waals surface area contributed by atoms with Crippen LogP contribution in [-0.2, 0) is 13.0 Å². The number of imidazole rings is 1. The Kier molecular flexibility index (Phi) is 3.05. The number of halogens is 1. The Balaban J connectivity index is 1.93. The molecule has 0 bridgehead atoms. The van der Waals surface area contributed by atoms with Gasteiger partial charge in [-0.1, -0.05) is 19.3 Å². The minimum absolute atomic E-state index is 0.749. The fourth-order valence-corrected chi connectivity index (χ4v) is 3.81. The zero-order valence-electron chi connectivity index (χ0n) is 9.71. The lowest BCUT2D eigenvalue weighted by molar-refractivity contribution is 0.430. The maximum absolute atomic E-state index is 4.80. The topological polar surface area (TPSA) is 17.8 Å². The van der Waals surface area contributed by atoms with E-state index in [4.69, 9.17) is 4.98 Å². The Morgan fingerprint density at radius 1 is 1.06 bits per heavy atom. The molecule has 3 heteroatoms. The van der Waals surface area contributed by atoms with Crippen LogP contribution in [0, 0.1) is 0 Å². The third-order valence-corrected chi connectivity index (χ3v) is 4.70. The van der Waals surface area contributed by atoms with Gasteiger partial charge in [-0.25, -0.2) is 4.98 Å². The van der Waals surface area contributed by atoms with Crippen molar-refractivity contribution in [3.63, 3.8) is 0 Å². The van der Waals surface area contributed by atoms with Gasteiger partial charge in [0.15, 0.2) is 4.73 Å². The van der Waals surface area contributed by atoms with E-state index in [1.807, 2.05) is 0 Å². The van der Waals surface area contributed by atoms with Crippen LogP contribution in [0.2, 0.25) is 0 Å². The molecule has 3 rings (SSSR count). The van der Waals surface area contributed by atoms with Crippen molar-refractivity contribution in [3.8, 4) is 0 Å². The predicted molar refractivity (Wildman–Crippen MR) is 68.7 cm³/mol. The molecule has 2 nitrogen and oxygen atoms in total. The van der Waals surface area contributed by atoms with E-state index in [0.717, 1.165) is 17.2 Å². The van der Waals surface area contributed by atoms with Crippen molar-refractivity contribution in [1.29, 1.82) is 0 Å². The molecule has 1 aromatic rings. The highest BCUT2D eigenvalue weighted by Gasteiger charge is 2.25. The Morgan fingerprint density at radius 3 is 2.69 bits per heavy atom. The van der Waals surface area contributed by atoms with Gasteiger partial charge in [0, 0.05) is 18.2 Å². The maximum Gasteiger partial charge on any atom is 0.177 e. The lowest BCUT2D eigenvalue weighted by Gasteiger charge is -2.23. The van der Waals surface area contributed by atoms with Gasteiger partial charge in [-0.15, -0.1) is 0 Å². The molecule has 2 aliphatic rings. The second-order valence-electron chi connectivity index (χ2n) is 5.16. The predicted octanol–water partition coefficient (Wildman–Crippen LogP) is 4.03. The summed E-state index contributed by atoms with van der Waals surface area (Å²) in [5.74, 6) is 0.749. The summed E-state index contributed by atoms with van der Waals surface area (Å²) in [5, 5.41) is 0. The van der Waals surface area contributed by atoms with Gasteiger partial charge >= 0.3 is 0 Å². The van der Waals surface area contributed by atoms with Crippen LogP contribution in [0.1, 0.15) is 62.3 Å². The van der Waals surface area contributed by atoms with E-state index < -0.39 is 0 Å². The van der Waals surface area contributed by atoms with Gasteiger partial charge in [0.05, 0.1) is 5.69 Å². The fraction of sp³-hybridized carbons (Fsp3) is 0.769. The number of hydrogen-bond acceptors (Lipinski definition) is 1. The van der Waals surface area contributed by atoms with E-state index in [1.165, 1.54) is 62.8 Å². The molecule has 0 saturated heterocycles. The van der Waals surface area contributed by atoms with Crippen molar-refractivity contribution < 1.29 is 0 Å². The Bertz CT molecular complexity index is 378. The summed E-state index contributed by atoms with van der Waals surface area (Å²) in [4.78, 5) is 4.80. The standard InChI is InChI=1S/C13H19BrN2/c14-13-15-12(10-6-2-1-3-7-10)11-8-4-5-9-16(11)13/h10H,1-9H2. The molecule has 0 N–H and O–H groups in total. The van der Waals surface area contributed by atoms with Gasteiger partial charge in [-0.2, -0.15) is 0 Å². The van der Waals surface area contributed by atoms with Crippen molar-refractivity contribution >= 4 is 15.9 Å². The van der Waals surface area contributed by atoms with Crippen LogP contribution in [0.15, 0.2) is 4.73 Å². The minimum atomic E-state index is 0.749. The second kappa shape index (κ2) is 4.52. The largest absolute Gasteiger partial charge is 0.322 e.